The lowest BCUT2D eigenvalue weighted by Crippen LogP contribution is -2.33. The highest BCUT2D eigenvalue weighted by molar-refractivity contribution is 4.92. The van der Waals surface area contributed by atoms with Crippen LogP contribution in [0.1, 0.15) is 45.0 Å². The number of ether oxygens (including phenoxy) is 1. The standard InChI is InChI=1S/C13H24N4O/c1-10(2)17-13(15-9-16-17)8-11(14-3)7-12-5-4-6-18-12/h9-12,14H,4-8H2,1-3H3. The second-order valence-corrected chi connectivity index (χ2v) is 5.28. The van der Waals surface area contributed by atoms with Crippen LogP contribution >= 0.6 is 0 Å². The van der Waals surface area contributed by atoms with Gasteiger partial charge in [0.2, 0.25) is 0 Å². The van der Waals surface area contributed by atoms with Crippen molar-refractivity contribution in [1.82, 2.24) is 20.1 Å². The Kier molecular flexibility index (Phi) is 4.72. The van der Waals surface area contributed by atoms with E-state index in [1.807, 2.05) is 11.7 Å². The molecule has 1 aromatic rings. The average molecular weight is 252 g/mol. The molecule has 2 unspecified atom stereocenters. The van der Waals surface area contributed by atoms with Crippen LogP contribution in [0, 0.1) is 0 Å². The number of likely N-dealkylation sites (N-methyl/N-ethyl adjacent to an activating group) is 1. The number of hydrogen-bond acceptors (Lipinski definition) is 4. The lowest BCUT2D eigenvalue weighted by atomic mass is 10.0. The lowest BCUT2D eigenvalue weighted by molar-refractivity contribution is 0.0950. The van der Waals surface area contributed by atoms with Gasteiger partial charge in [-0.25, -0.2) is 9.67 Å². The molecule has 0 spiro atoms. The molecule has 2 rings (SSSR count). The average Bonchev–Trinajstić information content (AvgIpc) is 2.98. The van der Waals surface area contributed by atoms with E-state index in [9.17, 15) is 0 Å². The third kappa shape index (κ3) is 3.29. The first-order valence-electron chi connectivity index (χ1n) is 6.88. The van der Waals surface area contributed by atoms with Crippen LogP contribution in [0.15, 0.2) is 6.33 Å². The van der Waals surface area contributed by atoms with Crippen LogP contribution in [-0.2, 0) is 11.2 Å². The van der Waals surface area contributed by atoms with E-state index in [1.165, 1.54) is 12.8 Å². The molecule has 0 bridgehead atoms. The van der Waals surface area contributed by atoms with Gasteiger partial charge in [0.1, 0.15) is 12.2 Å². The predicted molar refractivity (Wildman–Crippen MR) is 70.5 cm³/mol. The molecule has 1 fully saturated rings. The van der Waals surface area contributed by atoms with Crippen molar-refractivity contribution in [2.45, 2.75) is 57.7 Å². The van der Waals surface area contributed by atoms with Crippen LogP contribution in [0.4, 0.5) is 0 Å². The number of rotatable bonds is 6. The molecule has 0 saturated carbocycles. The maximum absolute atomic E-state index is 5.70. The summed E-state index contributed by atoms with van der Waals surface area (Å²) in [7, 11) is 2.01. The highest BCUT2D eigenvalue weighted by Crippen LogP contribution is 2.18. The Labute approximate surface area is 109 Å². The summed E-state index contributed by atoms with van der Waals surface area (Å²) < 4.78 is 7.70. The minimum atomic E-state index is 0.364. The molecule has 5 nitrogen and oxygen atoms in total. The van der Waals surface area contributed by atoms with E-state index in [1.54, 1.807) is 6.33 Å². The van der Waals surface area contributed by atoms with Gasteiger partial charge < -0.3 is 10.1 Å². The third-order valence-corrected chi connectivity index (χ3v) is 3.55. The number of hydrogen-bond donors (Lipinski definition) is 1. The minimum Gasteiger partial charge on any atom is -0.378 e. The van der Waals surface area contributed by atoms with Crippen LogP contribution < -0.4 is 5.32 Å². The Bertz CT molecular complexity index is 358. The first-order chi connectivity index (χ1) is 8.70. The largest absolute Gasteiger partial charge is 0.378 e. The molecule has 2 atom stereocenters. The first-order valence-corrected chi connectivity index (χ1v) is 6.88. The fourth-order valence-electron chi connectivity index (χ4n) is 2.52. The summed E-state index contributed by atoms with van der Waals surface area (Å²) in [6, 6.07) is 0.775. The molecule has 2 heterocycles. The molecule has 0 radical (unpaired) electrons. The van der Waals surface area contributed by atoms with Gasteiger partial charge in [0.05, 0.1) is 6.10 Å². The molecule has 5 heteroatoms. The number of aromatic nitrogens is 3. The van der Waals surface area contributed by atoms with Gasteiger partial charge in [-0.2, -0.15) is 5.10 Å². The van der Waals surface area contributed by atoms with Gasteiger partial charge in [0, 0.05) is 25.1 Å². The smallest absolute Gasteiger partial charge is 0.138 e. The van der Waals surface area contributed by atoms with Crippen molar-refractivity contribution in [2.75, 3.05) is 13.7 Å². The van der Waals surface area contributed by atoms with Crippen LogP contribution in [0.25, 0.3) is 0 Å². The summed E-state index contributed by atoms with van der Waals surface area (Å²) in [6.07, 6.45) is 6.42. The van der Waals surface area contributed by atoms with Crippen molar-refractivity contribution in [1.29, 1.82) is 0 Å². The Morgan fingerprint density at radius 2 is 2.39 bits per heavy atom. The first kappa shape index (κ1) is 13.5. The van der Waals surface area contributed by atoms with Crippen LogP contribution in [-0.4, -0.2) is 40.6 Å². The molecule has 18 heavy (non-hydrogen) atoms. The van der Waals surface area contributed by atoms with E-state index >= 15 is 0 Å². The van der Waals surface area contributed by atoms with Gasteiger partial charge in [-0.3, -0.25) is 0 Å². The maximum Gasteiger partial charge on any atom is 0.138 e. The highest BCUT2D eigenvalue weighted by Gasteiger charge is 2.21. The van der Waals surface area contributed by atoms with Crippen molar-refractivity contribution in [3.63, 3.8) is 0 Å². The van der Waals surface area contributed by atoms with E-state index in [4.69, 9.17) is 4.74 Å². The zero-order chi connectivity index (χ0) is 13.0. The molecule has 1 aliphatic heterocycles. The molecule has 0 aliphatic carbocycles. The van der Waals surface area contributed by atoms with Crippen LogP contribution in [0.3, 0.4) is 0 Å². The topological polar surface area (TPSA) is 52.0 Å². The minimum absolute atomic E-state index is 0.364. The fraction of sp³-hybridized carbons (Fsp3) is 0.846. The zero-order valence-corrected chi connectivity index (χ0v) is 11.6. The number of nitrogens with one attached hydrogen (secondary N) is 1. The maximum atomic E-state index is 5.70. The summed E-state index contributed by atoms with van der Waals surface area (Å²) in [5.74, 6) is 1.06. The van der Waals surface area contributed by atoms with Gasteiger partial charge in [0.15, 0.2) is 0 Å². The van der Waals surface area contributed by atoms with Gasteiger partial charge in [0.25, 0.3) is 0 Å². The van der Waals surface area contributed by atoms with Crippen molar-refractivity contribution in [2.24, 2.45) is 0 Å². The van der Waals surface area contributed by atoms with Gasteiger partial charge in [-0.05, 0) is 40.2 Å². The molecule has 1 N–H and O–H groups in total. The lowest BCUT2D eigenvalue weighted by Gasteiger charge is -2.20. The monoisotopic (exact) mass is 252 g/mol. The molecular formula is C13H24N4O. The van der Waals surface area contributed by atoms with Crippen LogP contribution in [0.2, 0.25) is 0 Å². The van der Waals surface area contributed by atoms with Crippen molar-refractivity contribution in [3.05, 3.63) is 12.2 Å². The van der Waals surface area contributed by atoms with Crippen molar-refractivity contribution >= 4 is 0 Å². The number of nitrogens with zero attached hydrogens (tertiary/aromatic N) is 3. The molecule has 1 saturated heterocycles. The summed E-state index contributed by atoms with van der Waals surface area (Å²) in [5, 5.41) is 7.65. The Balaban J connectivity index is 1.94. The van der Waals surface area contributed by atoms with Crippen LogP contribution in [0.5, 0.6) is 0 Å². The Hall–Kier alpha value is -0.940. The van der Waals surface area contributed by atoms with E-state index in [2.05, 4.69) is 29.2 Å². The quantitative estimate of drug-likeness (QED) is 0.835. The van der Waals surface area contributed by atoms with E-state index in [0.29, 0.717) is 18.2 Å². The SMILES string of the molecule is CNC(Cc1ncnn1C(C)C)CC1CCCO1. The molecule has 1 aliphatic rings. The molecule has 102 valence electrons. The molecule has 0 amide bonds. The highest BCUT2D eigenvalue weighted by atomic mass is 16.5. The zero-order valence-electron chi connectivity index (χ0n) is 11.6. The summed E-state index contributed by atoms with van der Waals surface area (Å²) in [4.78, 5) is 4.37. The van der Waals surface area contributed by atoms with E-state index in [0.717, 1.165) is 25.3 Å². The van der Waals surface area contributed by atoms with E-state index < -0.39 is 0 Å². The summed E-state index contributed by atoms with van der Waals surface area (Å²) in [6.45, 7) is 5.18. The normalized spacial score (nSPS) is 21.7. The van der Waals surface area contributed by atoms with Gasteiger partial charge in [-0.1, -0.05) is 0 Å². The third-order valence-electron chi connectivity index (χ3n) is 3.55. The second-order valence-electron chi connectivity index (χ2n) is 5.28. The summed E-state index contributed by atoms with van der Waals surface area (Å²) in [5.41, 5.74) is 0. The fourth-order valence-corrected chi connectivity index (χ4v) is 2.52. The molecule has 0 aromatic carbocycles. The Morgan fingerprint density at radius 1 is 1.56 bits per heavy atom. The van der Waals surface area contributed by atoms with Crippen molar-refractivity contribution in [3.8, 4) is 0 Å². The van der Waals surface area contributed by atoms with Gasteiger partial charge in [-0.15, -0.1) is 0 Å². The molecule has 1 aromatic heterocycles. The summed E-state index contributed by atoms with van der Waals surface area (Å²) >= 11 is 0. The Morgan fingerprint density at radius 3 is 3.00 bits per heavy atom. The second kappa shape index (κ2) is 6.29. The van der Waals surface area contributed by atoms with E-state index in [-0.39, 0.29) is 0 Å². The van der Waals surface area contributed by atoms with Gasteiger partial charge >= 0.3 is 0 Å². The molecular weight excluding hydrogens is 228 g/mol. The van der Waals surface area contributed by atoms with Crippen molar-refractivity contribution < 1.29 is 4.74 Å². The predicted octanol–water partition coefficient (Wildman–Crippen LogP) is 1.56.